The smallest absolute Gasteiger partial charge is 0.223 e. The van der Waals surface area contributed by atoms with Gasteiger partial charge in [-0.05, 0) is 6.42 Å². The zero-order valence-corrected chi connectivity index (χ0v) is 16.4. The van der Waals surface area contributed by atoms with E-state index in [4.69, 9.17) is 26.8 Å². The molecule has 1 fully saturated rings. The van der Waals surface area contributed by atoms with Crippen LogP contribution in [0.4, 0.5) is 11.8 Å². The minimum atomic E-state index is -1.08. The predicted molar refractivity (Wildman–Crippen MR) is 104 cm³/mol. The summed E-state index contributed by atoms with van der Waals surface area (Å²) in [5.74, 6) is 0.920. The van der Waals surface area contributed by atoms with E-state index in [1.807, 2.05) is 0 Å². The fraction of sp³-hybridized carbons (Fsp3) is 0.500. The van der Waals surface area contributed by atoms with Crippen LogP contribution in [-0.2, 0) is 6.42 Å². The van der Waals surface area contributed by atoms with Crippen LogP contribution >= 0.6 is 11.6 Å². The lowest BCUT2D eigenvalue weighted by atomic mass is 10.1. The first kappa shape index (κ1) is 19.9. The molecule has 2 aromatic heterocycles. The zero-order valence-electron chi connectivity index (χ0n) is 15.6. The number of halogens is 1. The molecule has 1 saturated carbocycles. The minimum absolute atomic E-state index is 0.0353. The van der Waals surface area contributed by atoms with Crippen molar-refractivity contribution in [1.82, 2.24) is 15.0 Å². The lowest BCUT2D eigenvalue weighted by Crippen LogP contribution is -2.36. The van der Waals surface area contributed by atoms with Crippen LogP contribution in [0.25, 0.3) is 0 Å². The number of fused-ring (bicyclic) bond motifs is 1. The Labute approximate surface area is 171 Å². The van der Waals surface area contributed by atoms with Gasteiger partial charge in [-0.3, -0.25) is 0 Å². The summed E-state index contributed by atoms with van der Waals surface area (Å²) >= 11 is 6.38. The molecule has 5 atom stereocenters. The fourth-order valence-electron chi connectivity index (χ4n) is 3.87. The Bertz CT molecular complexity index is 916. The van der Waals surface area contributed by atoms with Crippen molar-refractivity contribution in [2.45, 2.75) is 37.2 Å². The minimum Gasteiger partial charge on any atom is -0.483 e. The summed E-state index contributed by atoms with van der Waals surface area (Å²) in [6, 6.07) is 1.24. The van der Waals surface area contributed by atoms with Gasteiger partial charge in [-0.1, -0.05) is 11.6 Å². The number of pyridine rings is 1. The Balaban J connectivity index is 1.63. The second kappa shape index (κ2) is 7.79. The number of methoxy groups -OCH3 is 1. The van der Waals surface area contributed by atoms with Crippen molar-refractivity contribution in [3.05, 3.63) is 28.5 Å². The molecule has 5 unspecified atom stereocenters. The number of ether oxygens (including phenoxy) is 2. The second-order valence-corrected chi connectivity index (χ2v) is 7.55. The van der Waals surface area contributed by atoms with E-state index in [0.29, 0.717) is 35.9 Å². The highest BCUT2D eigenvalue weighted by atomic mass is 35.5. The number of aliphatic hydroxyl groups excluding tert-OH is 3. The van der Waals surface area contributed by atoms with E-state index < -0.39 is 30.3 Å². The van der Waals surface area contributed by atoms with Crippen molar-refractivity contribution in [2.24, 2.45) is 5.92 Å². The summed E-state index contributed by atoms with van der Waals surface area (Å²) in [6.07, 6.45) is -0.189. The average molecular weight is 424 g/mol. The highest BCUT2D eigenvalue weighted by Crippen LogP contribution is 2.42. The number of nitrogen functional groups attached to an aromatic ring is 1. The van der Waals surface area contributed by atoms with Gasteiger partial charge >= 0.3 is 0 Å². The van der Waals surface area contributed by atoms with Gasteiger partial charge in [-0.25, -0.2) is 9.97 Å². The summed E-state index contributed by atoms with van der Waals surface area (Å²) in [4.78, 5) is 12.4. The number of aliphatic hydroxyl groups is 3. The van der Waals surface area contributed by atoms with Gasteiger partial charge in [0.05, 0.1) is 31.0 Å². The Kier molecular flexibility index (Phi) is 5.34. The van der Waals surface area contributed by atoms with Gasteiger partial charge in [0, 0.05) is 30.6 Å². The third-order valence-electron chi connectivity index (χ3n) is 5.40. The first-order valence-electron chi connectivity index (χ1n) is 9.17. The van der Waals surface area contributed by atoms with Gasteiger partial charge in [0.15, 0.2) is 0 Å². The number of aromatic nitrogens is 3. The van der Waals surface area contributed by atoms with Crippen LogP contribution in [-0.4, -0.2) is 62.2 Å². The van der Waals surface area contributed by atoms with Crippen LogP contribution in [0, 0.1) is 5.92 Å². The summed E-state index contributed by atoms with van der Waals surface area (Å²) < 4.78 is 11.1. The summed E-state index contributed by atoms with van der Waals surface area (Å²) in [6.45, 7) is -0.230. The molecule has 29 heavy (non-hydrogen) atoms. The van der Waals surface area contributed by atoms with E-state index >= 15 is 0 Å². The molecular weight excluding hydrogens is 402 g/mol. The second-order valence-electron chi connectivity index (χ2n) is 7.19. The number of nitrogens with one attached hydrogen (secondary N) is 1. The van der Waals surface area contributed by atoms with E-state index in [1.54, 1.807) is 12.3 Å². The van der Waals surface area contributed by atoms with Crippen LogP contribution in [0.3, 0.4) is 0 Å². The van der Waals surface area contributed by atoms with E-state index in [2.05, 4.69) is 20.3 Å². The molecule has 2 aromatic rings. The quantitative estimate of drug-likeness (QED) is 0.424. The Morgan fingerprint density at radius 3 is 2.83 bits per heavy atom. The monoisotopic (exact) mass is 423 g/mol. The largest absolute Gasteiger partial charge is 0.483 e. The maximum atomic E-state index is 10.3. The number of nitrogens with two attached hydrogens (primary N) is 1. The first-order valence-corrected chi connectivity index (χ1v) is 9.55. The number of anilines is 2. The molecule has 0 bridgehead atoms. The number of rotatable bonds is 5. The Hall–Kier alpha value is -2.40. The standard InChI is InChI=1S/C18H22ClN5O5/c1-28-12-4-7-3-10(29-11(7)5-21-12)13-16(19)23-18(20)24-17(13)22-9-2-8(6-25)14(26)15(9)27/h4-5,8-10,14-15,25-27H,2-3,6H2,1H3,(H3,20,22,23,24). The van der Waals surface area contributed by atoms with Crippen molar-refractivity contribution in [1.29, 1.82) is 0 Å². The summed E-state index contributed by atoms with van der Waals surface area (Å²) in [5.41, 5.74) is 7.16. The molecule has 11 heteroatoms. The molecule has 6 N–H and O–H groups in total. The molecule has 0 aromatic carbocycles. The number of hydrogen-bond acceptors (Lipinski definition) is 10. The molecule has 0 spiro atoms. The van der Waals surface area contributed by atoms with E-state index in [1.165, 1.54) is 7.11 Å². The molecule has 0 saturated heterocycles. The maximum absolute atomic E-state index is 10.3. The molecule has 1 aliphatic carbocycles. The number of nitrogens with zero attached hydrogens (tertiary/aromatic N) is 3. The maximum Gasteiger partial charge on any atom is 0.223 e. The van der Waals surface area contributed by atoms with Crippen molar-refractivity contribution in [3.8, 4) is 11.6 Å². The third kappa shape index (κ3) is 3.64. The molecule has 3 heterocycles. The average Bonchev–Trinajstić information content (AvgIpc) is 3.22. The topological polar surface area (TPSA) is 156 Å². The van der Waals surface area contributed by atoms with Crippen molar-refractivity contribution < 1.29 is 24.8 Å². The third-order valence-corrected chi connectivity index (χ3v) is 5.69. The molecule has 4 rings (SSSR count). The molecule has 2 aliphatic rings. The van der Waals surface area contributed by atoms with Gasteiger partial charge in [-0.15, -0.1) is 0 Å². The van der Waals surface area contributed by atoms with Crippen molar-refractivity contribution in [3.63, 3.8) is 0 Å². The van der Waals surface area contributed by atoms with Gasteiger partial charge in [0.2, 0.25) is 11.8 Å². The molecule has 0 amide bonds. The predicted octanol–water partition coefficient (Wildman–Crippen LogP) is 0.306. The van der Waals surface area contributed by atoms with E-state index in [-0.39, 0.29) is 17.7 Å². The van der Waals surface area contributed by atoms with Crippen LogP contribution in [0.1, 0.15) is 23.7 Å². The SMILES string of the molecule is COc1cc2c(cn1)OC(c1c(Cl)nc(N)nc1NC1CC(CO)C(O)C1O)C2. The highest BCUT2D eigenvalue weighted by molar-refractivity contribution is 6.30. The van der Waals surface area contributed by atoms with Gasteiger partial charge in [0.25, 0.3) is 0 Å². The highest BCUT2D eigenvalue weighted by Gasteiger charge is 2.42. The van der Waals surface area contributed by atoms with Gasteiger partial charge in [-0.2, -0.15) is 4.98 Å². The van der Waals surface area contributed by atoms with Crippen LogP contribution < -0.4 is 20.5 Å². The molecule has 156 valence electrons. The van der Waals surface area contributed by atoms with Gasteiger partial charge < -0.3 is 35.8 Å². The molecule has 1 aliphatic heterocycles. The Morgan fingerprint density at radius 1 is 1.34 bits per heavy atom. The zero-order chi connectivity index (χ0) is 20.7. The van der Waals surface area contributed by atoms with E-state index in [9.17, 15) is 15.3 Å². The fourth-order valence-corrected chi connectivity index (χ4v) is 4.17. The van der Waals surface area contributed by atoms with Crippen molar-refractivity contribution in [2.75, 3.05) is 24.8 Å². The number of hydrogen-bond donors (Lipinski definition) is 5. The summed E-state index contributed by atoms with van der Waals surface area (Å²) in [5, 5.41) is 33.0. The summed E-state index contributed by atoms with van der Waals surface area (Å²) in [7, 11) is 1.54. The van der Waals surface area contributed by atoms with Crippen LogP contribution in [0.15, 0.2) is 12.3 Å². The van der Waals surface area contributed by atoms with E-state index in [0.717, 1.165) is 5.56 Å². The lowest BCUT2D eigenvalue weighted by molar-refractivity contribution is 0.00444. The normalized spacial score (nSPS) is 28.1. The van der Waals surface area contributed by atoms with Crippen molar-refractivity contribution >= 4 is 23.4 Å². The first-order chi connectivity index (χ1) is 13.9. The van der Waals surface area contributed by atoms with Crippen LogP contribution in [0.2, 0.25) is 5.15 Å². The Morgan fingerprint density at radius 2 is 2.14 bits per heavy atom. The van der Waals surface area contributed by atoms with Crippen LogP contribution in [0.5, 0.6) is 11.6 Å². The molecule has 10 nitrogen and oxygen atoms in total. The molecule has 0 radical (unpaired) electrons. The molecular formula is C18H22ClN5O5. The lowest BCUT2D eigenvalue weighted by Gasteiger charge is -2.22. The van der Waals surface area contributed by atoms with Gasteiger partial charge in [0.1, 0.15) is 28.9 Å².